The van der Waals surface area contributed by atoms with Crippen LogP contribution in [-0.4, -0.2) is 48.4 Å². The van der Waals surface area contributed by atoms with Gasteiger partial charge >= 0.3 is 0 Å². The van der Waals surface area contributed by atoms with E-state index in [0.29, 0.717) is 24.0 Å². The van der Waals surface area contributed by atoms with Gasteiger partial charge in [0, 0.05) is 18.0 Å². The smallest absolute Gasteiger partial charge is 0.261 e. The van der Waals surface area contributed by atoms with Crippen molar-refractivity contribution in [1.82, 2.24) is 4.90 Å². The van der Waals surface area contributed by atoms with Crippen molar-refractivity contribution >= 4 is 10.1 Å². The molecule has 1 saturated heterocycles. The molecular formula is C24H35NO4S. The number of nitrogens with zero attached hydrogens (tertiary/aromatic N) is 1. The van der Waals surface area contributed by atoms with Crippen molar-refractivity contribution in [3.05, 3.63) is 41.5 Å². The number of allylic oxidation sites excluding steroid dienone is 1. The molecule has 30 heavy (non-hydrogen) atoms. The second-order valence-corrected chi connectivity index (χ2v) is 11.6. The Hall–Kier alpha value is -1.37. The number of hydrogen-bond acceptors (Lipinski definition) is 4. The predicted octanol–water partition coefficient (Wildman–Crippen LogP) is 4.17. The maximum absolute atomic E-state index is 10.2. The van der Waals surface area contributed by atoms with Crippen molar-refractivity contribution in [2.24, 2.45) is 17.8 Å². The third-order valence-corrected chi connectivity index (χ3v) is 7.93. The van der Waals surface area contributed by atoms with Gasteiger partial charge < -0.3 is 5.11 Å². The van der Waals surface area contributed by atoms with Gasteiger partial charge in [0.1, 0.15) is 5.75 Å². The first-order valence-electron chi connectivity index (χ1n) is 11.2. The van der Waals surface area contributed by atoms with Gasteiger partial charge in [-0.3, -0.25) is 9.45 Å². The molecule has 5 nitrogen and oxygen atoms in total. The number of rotatable bonds is 2. The van der Waals surface area contributed by atoms with E-state index < -0.39 is 10.1 Å². The standard InChI is InChI=1S/C23H31NO.CH4O3S/c1-15-10-16(2)22-21-11-18-6-7-19(25)12-20(18)23(22,13-15)8-9-24(21)14-17-4-3-5-17;1-5(2,3)4/h6-7,12,16-17,21-22,25H,1,3-5,8-11,13-14H2,2H3;1H3,(H,2,3,4)/t16-,21+,22?,23?;/m0./s1. The van der Waals surface area contributed by atoms with E-state index in [4.69, 9.17) is 4.55 Å². The third-order valence-electron chi connectivity index (χ3n) is 7.93. The van der Waals surface area contributed by atoms with Crippen LogP contribution in [0.15, 0.2) is 30.4 Å². The van der Waals surface area contributed by atoms with E-state index in [1.807, 2.05) is 6.07 Å². The SMILES string of the molecule is C=C1C[C@H](C)C2[C@H]3Cc4ccc(O)cc4C2(CCN3CC2CCC2)C1.CS(=O)(=O)O. The van der Waals surface area contributed by atoms with E-state index >= 15 is 0 Å². The van der Waals surface area contributed by atoms with E-state index in [1.165, 1.54) is 68.3 Å². The van der Waals surface area contributed by atoms with Crippen LogP contribution < -0.4 is 0 Å². The second kappa shape index (κ2) is 7.95. The molecule has 4 aliphatic rings. The lowest BCUT2D eigenvalue weighted by atomic mass is 9.49. The van der Waals surface area contributed by atoms with Crippen LogP contribution in [0.3, 0.4) is 0 Å². The molecule has 3 fully saturated rings. The minimum atomic E-state index is -3.67. The van der Waals surface area contributed by atoms with Crippen LogP contribution in [0.4, 0.5) is 0 Å². The number of phenolic OH excluding ortho intramolecular Hbond substituents is 1. The first kappa shape index (κ1) is 21.8. The average molecular weight is 434 g/mol. The number of benzene rings is 1. The molecule has 166 valence electrons. The summed E-state index contributed by atoms with van der Waals surface area (Å²) in [4.78, 5) is 2.85. The average Bonchev–Trinajstić information content (AvgIpc) is 2.58. The van der Waals surface area contributed by atoms with Gasteiger partial charge in [0.2, 0.25) is 0 Å². The maximum atomic E-state index is 10.2. The zero-order valence-corrected chi connectivity index (χ0v) is 19.0. The van der Waals surface area contributed by atoms with Gasteiger partial charge in [-0.2, -0.15) is 8.42 Å². The van der Waals surface area contributed by atoms with Crippen LogP contribution >= 0.6 is 0 Å². The van der Waals surface area contributed by atoms with Crippen molar-refractivity contribution in [1.29, 1.82) is 0 Å². The molecule has 1 aromatic carbocycles. The Bertz CT molecular complexity index is 915. The maximum Gasteiger partial charge on any atom is 0.261 e. The summed E-state index contributed by atoms with van der Waals surface area (Å²) in [6.45, 7) is 9.41. The van der Waals surface area contributed by atoms with Crippen LogP contribution in [-0.2, 0) is 22.0 Å². The fraction of sp³-hybridized carbons (Fsp3) is 0.667. The Labute approximate surface area is 180 Å². The van der Waals surface area contributed by atoms with Gasteiger partial charge in [0.15, 0.2) is 0 Å². The Morgan fingerprint density at radius 3 is 2.60 bits per heavy atom. The van der Waals surface area contributed by atoms with E-state index in [0.717, 1.165) is 18.3 Å². The summed E-state index contributed by atoms with van der Waals surface area (Å²) in [5.74, 6) is 2.81. The fourth-order valence-electron chi connectivity index (χ4n) is 6.83. The highest BCUT2D eigenvalue weighted by Crippen LogP contribution is 2.59. The van der Waals surface area contributed by atoms with Crippen LogP contribution in [0.1, 0.15) is 56.6 Å². The Morgan fingerprint density at radius 2 is 1.97 bits per heavy atom. The Balaban J connectivity index is 0.000000393. The molecule has 2 N–H and O–H groups in total. The normalized spacial score (nSPS) is 33.6. The van der Waals surface area contributed by atoms with Gasteiger partial charge in [0.25, 0.3) is 10.1 Å². The van der Waals surface area contributed by atoms with Gasteiger partial charge in [-0.15, -0.1) is 0 Å². The third kappa shape index (κ3) is 4.19. The van der Waals surface area contributed by atoms with Crippen molar-refractivity contribution in [2.45, 2.75) is 63.3 Å². The number of hydrogen-bond donors (Lipinski definition) is 2. The van der Waals surface area contributed by atoms with Crippen molar-refractivity contribution in [3.8, 4) is 5.75 Å². The number of aromatic hydroxyl groups is 1. The summed E-state index contributed by atoms with van der Waals surface area (Å²) in [6, 6.07) is 6.87. The minimum absolute atomic E-state index is 0.224. The van der Waals surface area contributed by atoms with Gasteiger partial charge in [-0.25, -0.2) is 0 Å². The van der Waals surface area contributed by atoms with Crippen LogP contribution in [0, 0.1) is 17.8 Å². The highest BCUT2D eigenvalue weighted by molar-refractivity contribution is 7.85. The van der Waals surface area contributed by atoms with Gasteiger partial charge in [-0.05, 0) is 86.1 Å². The summed E-state index contributed by atoms with van der Waals surface area (Å²) in [5, 5.41) is 10.2. The lowest BCUT2D eigenvalue weighted by molar-refractivity contribution is -0.0376. The van der Waals surface area contributed by atoms with E-state index in [2.05, 4.69) is 30.5 Å². The summed E-state index contributed by atoms with van der Waals surface area (Å²) >= 11 is 0. The van der Waals surface area contributed by atoms with E-state index in [-0.39, 0.29) is 5.41 Å². The molecule has 4 atom stereocenters. The van der Waals surface area contributed by atoms with Crippen molar-refractivity contribution in [3.63, 3.8) is 0 Å². The quantitative estimate of drug-likeness (QED) is 0.541. The molecule has 6 heteroatoms. The van der Waals surface area contributed by atoms with Crippen molar-refractivity contribution < 1.29 is 18.1 Å². The molecule has 2 unspecified atom stereocenters. The lowest BCUT2D eigenvalue weighted by Crippen LogP contribution is -2.63. The summed E-state index contributed by atoms with van der Waals surface area (Å²) in [5.41, 5.74) is 4.58. The van der Waals surface area contributed by atoms with Crippen molar-refractivity contribution in [2.75, 3.05) is 19.3 Å². The van der Waals surface area contributed by atoms with Gasteiger partial charge in [-0.1, -0.05) is 31.6 Å². The van der Waals surface area contributed by atoms with Crippen LogP contribution in [0.2, 0.25) is 0 Å². The Kier molecular flexibility index (Phi) is 5.79. The molecule has 3 aliphatic carbocycles. The zero-order valence-electron chi connectivity index (χ0n) is 18.2. The highest BCUT2D eigenvalue weighted by Gasteiger charge is 2.56. The zero-order chi connectivity index (χ0) is 21.7. The molecule has 1 heterocycles. The summed E-state index contributed by atoms with van der Waals surface area (Å²) in [6.07, 6.45) is 9.76. The highest BCUT2D eigenvalue weighted by atomic mass is 32.2. The molecule has 0 radical (unpaired) electrons. The second-order valence-electron chi connectivity index (χ2n) is 10.2. The summed E-state index contributed by atoms with van der Waals surface area (Å²) < 4.78 is 25.9. The molecule has 5 rings (SSSR count). The Morgan fingerprint density at radius 1 is 1.27 bits per heavy atom. The molecular weight excluding hydrogens is 398 g/mol. The van der Waals surface area contributed by atoms with Crippen LogP contribution in [0.5, 0.6) is 5.75 Å². The molecule has 1 aromatic rings. The van der Waals surface area contributed by atoms with E-state index in [1.54, 1.807) is 0 Å². The van der Waals surface area contributed by atoms with E-state index in [9.17, 15) is 13.5 Å². The fourth-order valence-corrected chi connectivity index (χ4v) is 6.83. The van der Waals surface area contributed by atoms with Crippen LogP contribution in [0.25, 0.3) is 0 Å². The monoisotopic (exact) mass is 433 g/mol. The largest absolute Gasteiger partial charge is 0.508 e. The topological polar surface area (TPSA) is 77.8 Å². The number of piperidine rings is 1. The predicted molar refractivity (Wildman–Crippen MR) is 119 cm³/mol. The van der Waals surface area contributed by atoms with Gasteiger partial charge in [0.05, 0.1) is 6.26 Å². The number of likely N-dealkylation sites (tertiary alicyclic amines) is 1. The molecule has 2 saturated carbocycles. The molecule has 0 amide bonds. The number of fused-ring (bicyclic) bond motifs is 1. The minimum Gasteiger partial charge on any atom is -0.508 e. The molecule has 0 aromatic heterocycles. The molecule has 0 spiro atoms. The first-order chi connectivity index (χ1) is 14.1. The lowest BCUT2D eigenvalue weighted by Gasteiger charge is -2.62. The first-order valence-corrected chi connectivity index (χ1v) is 13.1. The molecule has 2 bridgehead atoms. The summed E-state index contributed by atoms with van der Waals surface area (Å²) in [7, 11) is -3.67. The molecule has 1 aliphatic heterocycles. The number of phenols is 1.